The van der Waals surface area contributed by atoms with Gasteiger partial charge in [0.2, 0.25) is 5.91 Å². The number of carbonyl (C=O) groups excluding carboxylic acids is 1. The number of nitrogens with one attached hydrogen (secondary N) is 3. The van der Waals surface area contributed by atoms with E-state index in [1.54, 1.807) is 11.9 Å². The molecule has 40 heavy (non-hydrogen) atoms. The minimum atomic E-state index is -4.54. The summed E-state index contributed by atoms with van der Waals surface area (Å²) in [6, 6.07) is -1.78. The number of likely N-dealkylation sites (tertiary alicyclic amines) is 1. The SMILES string of the molecule is CN1CNNC1C(F)(F)[C@](C)(F)C1CCCC(N2CC3C(CC(N(C)[C@H]4CNC[C@H]4F)CC3C(F)(F)F)C2=O)C1. The third kappa shape index (κ3) is 5.13. The highest BCUT2D eigenvalue weighted by molar-refractivity contribution is 5.82. The van der Waals surface area contributed by atoms with Crippen molar-refractivity contribution in [1.82, 2.24) is 30.9 Å². The van der Waals surface area contributed by atoms with Gasteiger partial charge in [0, 0.05) is 43.6 Å². The fourth-order valence-electron chi connectivity index (χ4n) is 8.04. The average Bonchev–Trinajstić information content (AvgIpc) is 3.61. The number of amides is 1. The van der Waals surface area contributed by atoms with Gasteiger partial charge in [-0.2, -0.15) is 22.0 Å². The van der Waals surface area contributed by atoms with E-state index in [9.17, 15) is 22.4 Å². The first-order chi connectivity index (χ1) is 18.6. The van der Waals surface area contributed by atoms with Crippen molar-refractivity contribution in [2.45, 2.75) is 93.7 Å². The van der Waals surface area contributed by atoms with Gasteiger partial charge in [-0.3, -0.25) is 14.6 Å². The van der Waals surface area contributed by atoms with E-state index in [0.29, 0.717) is 19.4 Å². The van der Waals surface area contributed by atoms with Crippen molar-refractivity contribution in [2.75, 3.05) is 40.4 Å². The van der Waals surface area contributed by atoms with E-state index in [4.69, 9.17) is 0 Å². The first-order valence-electron chi connectivity index (χ1n) is 14.3. The predicted molar refractivity (Wildman–Crippen MR) is 133 cm³/mol. The molecule has 7 nitrogen and oxygen atoms in total. The molecule has 7 unspecified atom stereocenters. The number of carbonyl (C=O) groups is 1. The lowest BCUT2D eigenvalue weighted by atomic mass is 9.70. The molecule has 3 N–H and O–H groups in total. The standard InChI is InChI=1S/C26H41F7N6O/c1-24(28,25(29,30)23-36-35-13-37(23)2)14-5-4-6-15(7-14)39-12-18-17(22(39)40)8-16(9-19(18)26(31,32)33)38(3)21-11-34-10-20(21)27/h14-21,23,34-36H,4-13H2,1-3H3/t14?,15?,16?,17?,18?,19?,20-,21+,23?,24-/m1/s1. The molecular formula is C26H41F7N6O. The molecule has 5 aliphatic rings. The number of likely N-dealkylation sites (N-methyl/N-ethyl adjacent to an activating group) is 1. The Morgan fingerprint density at radius 1 is 1.02 bits per heavy atom. The molecule has 1 amide bonds. The van der Waals surface area contributed by atoms with E-state index < -0.39 is 77.8 Å². The maximum absolute atomic E-state index is 16.0. The number of nitrogens with zero attached hydrogens (tertiary/aromatic N) is 3. The van der Waals surface area contributed by atoms with Crippen molar-refractivity contribution in [2.24, 2.45) is 23.7 Å². The highest BCUT2D eigenvalue weighted by atomic mass is 19.4. The van der Waals surface area contributed by atoms with Crippen molar-refractivity contribution in [1.29, 1.82) is 0 Å². The van der Waals surface area contributed by atoms with Gasteiger partial charge in [-0.15, -0.1) is 0 Å². The molecule has 10 atom stereocenters. The van der Waals surface area contributed by atoms with Crippen LogP contribution >= 0.6 is 0 Å². The topological polar surface area (TPSA) is 62.9 Å². The molecule has 0 radical (unpaired) electrons. The predicted octanol–water partition coefficient (Wildman–Crippen LogP) is 2.89. The van der Waals surface area contributed by atoms with E-state index >= 15 is 13.2 Å². The van der Waals surface area contributed by atoms with E-state index in [-0.39, 0.29) is 45.4 Å². The van der Waals surface area contributed by atoms with E-state index in [1.807, 2.05) is 0 Å². The molecular weight excluding hydrogens is 545 g/mol. The van der Waals surface area contributed by atoms with Crippen LogP contribution in [0.25, 0.3) is 0 Å². The van der Waals surface area contributed by atoms with E-state index in [2.05, 4.69) is 16.2 Å². The summed E-state index contributed by atoms with van der Waals surface area (Å²) >= 11 is 0. The number of hydrazine groups is 1. The number of fused-ring (bicyclic) bond motifs is 1. The Labute approximate surface area is 230 Å². The minimum absolute atomic E-state index is 0.0328. The first kappa shape index (κ1) is 30.2. The van der Waals surface area contributed by atoms with E-state index in [0.717, 1.165) is 6.92 Å². The zero-order valence-electron chi connectivity index (χ0n) is 23.2. The van der Waals surface area contributed by atoms with Gasteiger partial charge in [0.15, 0.2) is 5.67 Å². The Kier molecular flexibility index (Phi) is 8.17. The van der Waals surface area contributed by atoms with Crippen molar-refractivity contribution < 1.29 is 35.5 Å². The van der Waals surface area contributed by atoms with Crippen LogP contribution in [-0.4, -0.2) is 109 Å². The average molecular weight is 587 g/mol. The lowest BCUT2D eigenvalue weighted by molar-refractivity contribution is -0.205. The summed E-state index contributed by atoms with van der Waals surface area (Å²) < 4.78 is 104. The van der Waals surface area contributed by atoms with Crippen LogP contribution in [0.15, 0.2) is 0 Å². The molecule has 0 bridgehead atoms. The fourth-order valence-corrected chi connectivity index (χ4v) is 8.04. The van der Waals surface area contributed by atoms with Crippen LogP contribution in [0.3, 0.4) is 0 Å². The van der Waals surface area contributed by atoms with Crippen LogP contribution in [0.5, 0.6) is 0 Å². The summed E-state index contributed by atoms with van der Waals surface area (Å²) in [6.07, 6.45) is -6.32. The summed E-state index contributed by atoms with van der Waals surface area (Å²) in [6.45, 7) is 1.37. The zero-order valence-corrected chi connectivity index (χ0v) is 23.2. The fraction of sp³-hybridized carbons (Fsp3) is 0.962. The van der Waals surface area contributed by atoms with Gasteiger partial charge >= 0.3 is 12.1 Å². The molecule has 0 aromatic heterocycles. The van der Waals surface area contributed by atoms with Crippen molar-refractivity contribution in [3.8, 4) is 0 Å². The zero-order chi connectivity index (χ0) is 29.2. The van der Waals surface area contributed by atoms with Crippen LogP contribution in [0.2, 0.25) is 0 Å². The van der Waals surface area contributed by atoms with Gasteiger partial charge in [0.05, 0.1) is 18.6 Å². The largest absolute Gasteiger partial charge is 0.392 e. The third-order valence-electron chi connectivity index (χ3n) is 10.6. The maximum Gasteiger partial charge on any atom is 0.392 e. The monoisotopic (exact) mass is 586 g/mol. The Morgan fingerprint density at radius 2 is 1.75 bits per heavy atom. The molecule has 0 spiro atoms. The van der Waals surface area contributed by atoms with Crippen molar-refractivity contribution in [3.05, 3.63) is 0 Å². The van der Waals surface area contributed by atoms with Crippen molar-refractivity contribution in [3.63, 3.8) is 0 Å². The van der Waals surface area contributed by atoms with E-state index in [1.165, 1.54) is 16.8 Å². The number of halogens is 7. The number of hydrogen-bond donors (Lipinski definition) is 3. The van der Waals surface area contributed by atoms with Crippen LogP contribution in [0.4, 0.5) is 30.7 Å². The molecule has 3 aliphatic heterocycles. The number of hydrogen-bond acceptors (Lipinski definition) is 6. The van der Waals surface area contributed by atoms with Gasteiger partial charge in [-0.1, -0.05) is 6.42 Å². The van der Waals surface area contributed by atoms with Crippen LogP contribution in [0, 0.1) is 23.7 Å². The summed E-state index contributed by atoms with van der Waals surface area (Å²) in [7, 11) is 3.08. The minimum Gasteiger partial charge on any atom is -0.339 e. The molecule has 230 valence electrons. The summed E-state index contributed by atoms with van der Waals surface area (Å²) in [5.74, 6) is -8.82. The quantitative estimate of drug-likeness (QED) is 0.417. The summed E-state index contributed by atoms with van der Waals surface area (Å²) in [4.78, 5) is 18.0. The Balaban J connectivity index is 1.33. The molecule has 3 heterocycles. The second-order valence-corrected chi connectivity index (χ2v) is 12.8. The molecule has 3 saturated heterocycles. The molecule has 0 aromatic carbocycles. The second kappa shape index (κ2) is 10.8. The molecule has 14 heteroatoms. The first-order valence-corrected chi connectivity index (χ1v) is 14.3. The van der Waals surface area contributed by atoms with Crippen molar-refractivity contribution >= 4 is 5.91 Å². The van der Waals surface area contributed by atoms with Crippen LogP contribution in [0.1, 0.15) is 45.4 Å². The van der Waals surface area contributed by atoms with Gasteiger partial charge < -0.3 is 10.2 Å². The Bertz CT molecular complexity index is 938. The highest BCUT2D eigenvalue weighted by Crippen LogP contribution is 2.52. The molecule has 2 aliphatic carbocycles. The summed E-state index contributed by atoms with van der Waals surface area (Å²) in [5.41, 5.74) is 2.13. The number of alkyl halides is 7. The number of rotatable bonds is 6. The molecule has 5 fully saturated rings. The Morgan fingerprint density at radius 3 is 2.35 bits per heavy atom. The second-order valence-electron chi connectivity index (χ2n) is 12.8. The van der Waals surface area contributed by atoms with Gasteiger partial charge in [-0.25, -0.2) is 19.6 Å². The lowest BCUT2D eigenvalue weighted by Crippen LogP contribution is -2.62. The van der Waals surface area contributed by atoms with Gasteiger partial charge in [0.1, 0.15) is 12.3 Å². The van der Waals surface area contributed by atoms with Gasteiger partial charge in [-0.05, 0) is 59.0 Å². The lowest BCUT2D eigenvalue weighted by Gasteiger charge is -2.45. The van der Waals surface area contributed by atoms with Crippen LogP contribution in [-0.2, 0) is 4.79 Å². The smallest absolute Gasteiger partial charge is 0.339 e. The molecule has 0 aromatic rings. The molecule has 2 saturated carbocycles. The maximum atomic E-state index is 16.0. The summed E-state index contributed by atoms with van der Waals surface area (Å²) in [5, 5.41) is 2.93. The third-order valence-corrected chi connectivity index (χ3v) is 10.6. The Hall–Kier alpha value is -1.22. The molecule has 5 rings (SSSR count). The van der Waals surface area contributed by atoms with Gasteiger partial charge in [0.25, 0.3) is 0 Å². The normalized spacial score (nSPS) is 41.5. The van der Waals surface area contributed by atoms with Crippen LogP contribution < -0.4 is 16.2 Å². The highest BCUT2D eigenvalue weighted by Gasteiger charge is 2.64.